The van der Waals surface area contributed by atoms with Crippen LogP contribution in [0.15, 0.2) is 46.9 Å². The van der Waals surface area contributed by atoms with Crippen LogP contribution in [-0.4, -0.2) is 11.5 Å². The minimum Gasteiger partial charge on any atom is -0.354 e. The van der Waals surface area contributed by atoms with Gasteiger partial charge in [-0.05, 0) is 89.9 Å². The summed E-state index contributed by atoms with van der Waals surface area (Å²) in [5.41, 5.74) is 10.7. The zero-order valence-electron chi connectivity index (χ0n) is 12.2. The molecule has 0 aliphatic carbocycles. The van der Waals surface area contributed by atoms with E-state index in [0.717, 1.165) is 30.3 Å². The summed E-state index contributed by atoms with van der Waals surface area (Å²) in [6.45, 7) is 0.755. The van der Waals surface area contributed by atoms with Gasteiger partial charge in [-0.1, -0.05) is 28.1 Å². The molecule has 3 N–H and O–H groups in total. The van der Waals surface area contributed by atoms with Crippen LogP contribution >= 0.6 is 38.5 Å². The SMILES string of the molecule is NCCCCc1c(-c2cccc(I)c2)[nH]c2ccc(Br)cc12. The zero-order chi connectivity index (χ0) is 15.5. The average molecular weight is 469 g/mol. The lowest BCUT2D eigenvalue weighted by Crippen LogP contribution is -1.99. The van der Waals surface area contributed by atoms with Gasteiger partial charge in [0.25, 0.3) is 0 Å². The predicted octanol–water partition coefficient (Wildman–Crippen LogP) is 5.48. The number of benzene rings is 2. The molecule has 0 fully saturated rings. The molecule has 0 radical (unpaired) electrons. The molecular weight excluding hydrogens is 451 g/mol. The molecule has 0 spiro atoms. The molecule has 0 bridgehead atoms. The maximum atomic E-state index is 5.66. The second kappa shape index (κ2) is 7.15. The van der Waals surface area contributed by atoms with Crippen molar-refractivity contribution in [1.29, 1.82) is 0 Å². The normalized spacial score (nSPS) is 11.2. The Morgan fingerprint density at radius 3 is 2.73 bits per heavy atom. The number of hydrogen-bond acceptors (Lipinski definition) is 1. The Morgan fingerprint density at radius 1 is 1.09 bits per heavy atom. The van der Waals surface area contributed by atoms with E-state index >= 15 is 0 Å². The highest BCUT2D eigenvalue weighted by Crippen LogP contribution is 2.33. The molecule has 3 rings (SSSR count). The number of aromatic amines is 1. The number of fused-ring (bicyclic) bond motifs is 1. The number of H-pyrrole nitrogens is 1. The Hall–Kier alpha value is -0.850. The van der Waals surface area contributed by atoms with Gasteiger partial charge in [-0.15, -0.1) is 0 Å². The van der Waals surface area contributed by atoms with E-state index in [4.69, 9.17) is 5.73 Å². The molecule has 114 valence electrons. The van der Waals surface area contributed by atoms with E-state index in [-0.39, 0.29) is 0 Å². The molecule has 1 heterocycles. The monoisotopic (exact) mass is 468 g/mol. The molecule has 1 aromatic heterocycles. The van der Waals surface area contributed by atoms with Crippen LogP contribution in [0.4, 0.5) is 0 Å². The summed E-state index contributed by atoms with van der Waals surface area (Å²) in [6.07, 6.45) is 3.23. The largest absolute Gasteiger partial charge is 0.354 e. The van der Waals surface area contributed by atoms with Gasteiger partial charge >= 0.3 is 0 Å². The van der Waals surface area contributed by atoms with Crippen LogP contribution in [0, 0.1) is 3.57 Å². The average Bonchev–Trinajstić information content (AvgIpc) is 2.86. The van der Waals surface area contributed by atoms with Crippen molar-refractivity contribution in [3.8, 4) is 11.3 Å². The minimum atomic E-state index is 0.755. The molecule has 3 aromatic rings. The van der Waals surface area contributed by atoms with Crippen LogP contribution < -0.4 is 5.73 Å². The number of hydrogen-bond donors (Lipinski definition) is 2. The summed E-state index contributed by atoms with van der Waals surface area (Å²) in [5.74, 6) is 0. The standard InChI is InChI=1S/C18H18BrIN2/c19-13-7-8-17-16(11-13)15(6-1-2-9-21)18(22-17)12-4-3-5-14(20)10-12/h3-5,7-8,10-11,22H,1-2,6,9,21H2. The fourth-order valence-corrected chi connectivity index (χ4v) is 3.72. The summed E-state index contributed by atoms with van der Waals surface area (Å²) in [5, 5.41) is 1.31. The Kier molecular flexibility index (Phi) is 5.21. The highest BCUT2D eigenvalue weighted by atomic mass is 127. The first kappa shape index (κ1) is 16.0. The van der Waals surface area contributed by atoms with E-state index in [9.17, 15) is 0 Å². The van der Waals surface area contributed by atoms with E-state index in [1.165, 1.54) is 31.3 Å². The van der Waals surface area contributed by atoms with E-state index in [0.29, 0.717) is 0 Å². The molecular formula is C18H18BrIN2. The summed E-state index contributed by atoms with van der Waals surface area (Å²) in [6, 6.07) is 15.1. The van der Waals surface area contributed by atoms with Gasteiger partial charge in [-0.3, -0.25) is 0 Å². The fraction of sp³-hybridized carbons (Fsp3) is 0.222. The van der Waals surface area contributed by atoms with Gasteiger partial charge in [-0.25, -0.2) is 0 Å². The number of unbranched alkanes of at least 4 members (excludes halogenated alkanes) is 1. The number of nitrogens with one attached hydrogen (secondary N) is 1. The molecule has 4 heteroatoms. The van der Waals surface area contributed by atoms with Crippen LogP contribution in [0.1, 0.15) is 18.4 Å². The van der Waals surface area contributed by atoms with Gasteiger partial charge in [0.2, 0.25) is 0 Å². The Balaban J connectivity index is 2.13. The highest BCUT2D eigenvalue weighted by molar-refractivity contribution is 14.1. The van der Waals surface area contributed by atoms with Gasteiger partial charge in [-0.2, -0.15) is 0 Å². The van der Waals surface area contributed by atoms with Crippen molar-refractivity contribution < 1.29 is 0 Å². The van der Waals surface area contributed by atoms with Gasteiger partial charge < -0.3 is 10.7 Å². The van der Waals surface area contributed by atoms with Gasteiger partial charge in [0.05, 0.1) is 0 Å². The molecule has 0 atom stereocenters. The Morgan fingerprint density at radius 2 is 1.95 bits per heavy atom. The van der Waals surface area contributed by atoms with E-state index in [1.54, 1.807) is 0 Å². The molecule has 0 amide bonds. The maximum absolute atomic E-state index is 5.66. The molecule has 0 aliphatic heterocycles. The molecule has 0 saturated carbocycles. The summed E-state index contributed by atoms with van der Waals surface area (Å²) in [4.78, 5) is 3.61. The number of halogens is 2. The van der Waals surface area contributed by atoms with Crippen molar-refractivity contribution in [3.05, 3.63) is 56.1 Å². The van der Waals surface area contributed by atoms with Gasteiger partial charge in [0.1, 0.15) is 0 Å². The van der Waals surface area contributed by atoms with Gasteiger partial charge in [0.15, 0.2) is 0 Å². The lowest BCUT2D eigenvalue weighted by atomic mass is 10.0. The van der Waals surface area contributed by atoms with Crippen molar-refractivity contribution in [2.45, 2.75) is 19.3 Å². The van der Waals surface area contributed by atoms with Crippen molar-refractivity contribution in [2.75, 3.05) is 6.54 Å². The van der Waals surface area contributed by atoms with Crippen molar-refractivity contribution in [3.63, 3.8) is 0 Å². The molecule has 0 unspecified atom stereocenters. The highest BCUT2D eigenvalue weighted by Gasteiger charge is 2.13. The first-order chi connectivity index (χ1) is 10.7. The molecule has 0 aliphatic rings. The molecule has 2 nitrogen and oxygen atoms in total. The first-order valence-corrected chi connectivity index (χ1v) is 9.32. The van der Waals surface area contributed by atoms with Crippen molar-refractivity contribution >= 4 is 49.4 Å². The topological polar surface area (TPSA) is 41.8 Å². The van der Waals surface area contributed by atoms with Crippen LogP contribution in [0.25, 0.3) is 22.2 Å². The summed E-state index contributed by atoms with van der Waals surface area (Å²) < 4.78 is 2.37. The second-order valence-corrected chi connectivity index (χ2v) is 7.59. The van der Waals surface area contributed by atoms with E-state index in [1.807, 2.05) is 0 Å². The summed E-state index contributed by atoms with van der Waals surface area (Å²) >= 11 is 5.95. The smallest absolute Gasteiger partial charge is 0.0497 e. The van der Waals surface area contributed by atoms with Crippen LogP contribution in [0.3, 0.4) is 0 Å². The number of aromatic nitrogens is 1. The Labute approximate surface area is 152 Å². The zero-order valence-corrected chi connectivity index (χ0v) is 15.9. The van der Waals surface area contributed by atoms with Crippen LogP contribution in [-0.2, 0) is 6.42 Å². The minimum absolute atomic E-state index is 0.755. The third kappa shape index (κ3) is 3.39. The molecule has 0 saturated heterocycles. The lowest BCUT2D eigenvalue weighted by Gasteiger charge is -2.06. The van der Waals surface area contributed by atoms with Gasteiger partial charge in [0, 0.05) is 24.6 Å². The predicted molar refractivity (Wildman–Crippen MR) is 106 cm³/mol. The Bertz CT molecular complexity index is 795. The third-order valence-electron chi connectivity index (χ3n) is 3.86. The summed E-state index contributed by atoms with van der Waals surface area (Å²) in [7, 11) is 0. The van der Waals surface area contributed by atoms with E-state index < -0.39 is 0 Å². The lowest BCUT2D eigenvalue weighted by molar-refractivity contribution is 0.748. The van der Waals surface area contributed by atoms with E-state index in [2.05, 4.69) is 86.0 Å². The molecule has 2 aromatic carbocycles. The number of nitrogens with two attached hydrogens (primary N) is 1. The third-order valence-corrected chi connectivity index (χ3v) is 5.03. The van der Waals surface area contributed by atoms with Crippen LogP contribution in [0.5, 0.6) is 0 Å². The fourth-order valence-electron chi connectivity index (χ4n) is 2.82. The van der Waals surface area contributed by atoms with Crippen molar-refractivity contribution in [2.24, 2.45) is 5.73 Å². The quantitative estimate of drug-likeness (QED) is 0.377. The maximum Gasteiger partial charge on any atom is 0.0497 e. The van der Waals surface area contributed by atoms with Crippen LogP contribution in [0.2, 0.25) is 0 Å². The second-order valence-electron chi connectivity index (χ2n) is 5.42. The van der Waals surface area contributed by atoms with Crippen molar-refractivity contribution in [1.82, 2.24) is 4.98 Å². The molecule has 22 heavy (non-hydrogen) atoms. The number of rotatable bonds is 5. The first-order valence-electron chi connectivity index (χ1n) is 7.45. The number of aryl methyl sites for hydroxylation is 1.